The van der Waals surface area contributed by atoms with Gasteiger partial charge in [0.25, 0.3) is 0 Å². The highest BCUT2D eigenvalue weighted by Gasteiger charge is 2.41. The van der Waals surface area contributed by atoms with Crippen LogP contribution in [0.3, 0.4) is 0 Å². The Morgan fingerprint density at radius 3 is 1.73 bits per heavy atom. The number of rotatable bonds is 6. The molecule has 0 aromatic heterocycles. The van der Waals surface area contributed by atoms with Crippen LogP contribution >= 0.6 is 0 Å². The number of hydrogen-bond acceptors (Lipinski definition) is 4. The maximum absolute atomic E-state index is 13.4. The summed E-state index contributed by atoms with van der Waals surface area (Å²) in [7, 11) is -5.67. The fourth-order valence-electron chi connectivity index (χ4n) is 3.85. The third kappa shape index (κ3) is 4.61. The molecular weight excluding hydrogens is 314 g/mol. The van der Waals surface area contributed by atoms with E-state index in [1.165, 1.54) is 0 Å². The molecule has 2 aliphatic carbocycles. The van der Waals surface area contributed by atoms with Crippen LogP contribution in [0, 0.1) is 11.8 Å². The van der Waals surface area contributed by atoms with Gasteiger partial charge in [-0.1, -0.05) is 38.5 Å². The van der Waals surface area contributed by atoms with E-state index in [4.69, 9.17) is 4.74 Å². The zero-order chi connectivity index (χ0) is 16.2. The van der Waals surface area contributed by atoms with Gasteiger partial charge in [0.1, 0.15) is 6.61 Å². The first kappa shape index (κ1) is 18.1. The van der Waals surface area contributed by atoms with Gasteiger partial charge in [0, 0.05) is 0 Å². The summed E-state index contributed by atoms with van der Waals surface area (Å²) >= 11 is 0. The Morgan fingerprint density at radius 1 is 0.955 bits per heavy atom. The van der Waals surface area contributed by atoms with Gasteiger partial charge in [-0.2, -0.15) is 8.78 Å². The first-order valence-corrected chi connectivity index (χ1v) is 9.67. The molecular formula is C15H25F2O4S-. The van der Waals surface area contributed by atoms with Crippen molar-refractivity contribution in [3.05, 3.63) is 0 Å². The molecule has 0 aliphatic heterocycles. The molecule has 0 bridgehead atoms. The Labute approximate surface area is 131 Å². The second-order valence-corrected chi connectivity index (χ2v) is 8.17. The highest BCUT2D eigenvalue weighted by molar-refractivity contribution is 7.86. The van der Waals surface area contributed by atoms with Crippen LogP contribution in [-0.4, -0.2) is 30.9 Å². The molecule has 0 unspecified atom stereocenters. The monoisotopic (exact) mass is 339 g/mol. The average molecular weight is 339 g/mol. The van der Waals surface area contributed by atoms with Gasteiger partial charge >= 0.3 is 5.25 Å². The fraction of sp³-hybridized carbons (Fsp3) is 1.00. The van der Waals surface area contributed by atoms with E-state index < -0.39 is 22.0 Å². The van der Waals surface area contributed by atoms with E-state index in [-0.39, 0.29) is 17.9 Å². The molecule has 2 fully saturated rings. The predicted octanol–water partition coefficient (Wildman–Crippen LogP) is 3.67. The van der Waals surface area contributed by atoms with Crippen LogP contribution in [0.2, 0.25) is 0 Å². The summed E-state index contributed by atoms with van der Waals surface area (Å²) in [5, 5.41) is -4.34. The van der Waals surface area contributed by atoms with Crippen molar-refractivity contribution in [3.63, 3.8) is 0 Å². The lowest BCUT2D eigenvalue weighted by Crippen LogP contribution is -2.41. The summed E-state index contributed by atoms with van der Waals surface area (Å²) in [6.07, 6.45) is 9.98. The van der Waals surface area contributed by atoms with Crippen molar-refractivity contribution in [2.24, 2.45) is 11.8 Å². The standard InChI is InChI=1S/C15H26F2O4S/c16-15(17,22(18,19)20)11-21-14(12-7-3-1-4-8-12)13-9-5-2-6-10-13/h12-14H,1-11H2,(H,18,19,20)/p-1. The second kappa shape index (κ2) is 7.53. The highest BCUT2D eigenvalue weighted by atomic mass is 32.2. The normalized spacial score (nSPS) is 23.1. The quantitative estimate of drug-likeness (QED) is 0.693. The summed E-state index contributed by atoms with van der Waals surface area (Å²) in [6.45, 7) is -1.31. The zero-order valence-electron chi connectivity index (χ0n) is 12.8. The van der Waals surface area contributed by atoms with Crippen LogP contribution in [0.5, 0.6) is 0 Å². The van der Waals surface area contributed by atoms with E-state index in [2.05, 4.69) is 0 Å². The summed E-state index contributed by atoms with van der Waals surface area (Å²) in [4.78, 5) is 0. The minimum absolute atomic E-state index is 0.210. The molecule has 0 radical (unpaired) electrons. The van der Waals surface area contributed by atoms with Crippen LogP contribution in [0.15, 0.2) is 0 Å². The Bertz CT molecular complexity index is 422. The number of alkyl halides is 2. The molecule has 0 aromatic rings. The lowest BCUT2D eigenvalue weighted by molar-refractivity contribution is -0.101. The van der Waals surface area contributed by atoms with Crippen LogP contribution in [0.1, 0.15) is 64.2 Å². The second-order valence-electron chi connectivity index (χ2n) is 6.66. The van der Waals surface area contributed by atoms with Gasteiger partial charge in [-0.3, -0.25) is 0 Å². The fourth-order valence-corrected chi connectivity index (χ4v) is 4.06. The summed E-state index contributed by atoms with van der Waals surface area (Å²) in [5.74, 6) is 0.420. The van der Waals surface area contributed by atoms with E-state index in [9.17, 15) is 21.8 Å². The van der Waals surface area contributed by atoms with E-state index in [0.717, 1.165) is 64.2 Å². The molecule has 2 aliphatic rings. The lowest BCUT2D eigenvalue weighted by atomic mass is 9.75. The Balaban J connectivity index is 2.03. The Kier molecular flexibility index (Phi) is 6.19. The van der Waals surface area contributed by atoms with Gasteiger partial charge in [0.15, 0.2) is 10.1 Å². The van der Waals surface area contributed by atoms with Crippen molar-refractivity contribution in [1.29, 1.82) is 0 Å². The molecule has 22 heavy (non-hydrogen) atoms. The third-order valence-corrected chi connectivity index (χ3v) is 5.89. The SMILES string of the molecule is O=S(=O)([O-])C(F)(F)COC(C1CCCCC1)C1CCCCC1. The van der Waals surface area contributed by atoms with Crippen molar-refractivity contribution in [1.82, 2.24) is 0 Å². The van der Waals surface area contributed by atoms with Gasteiger partial charge in [-0.05, 0) is 37.5 Å². The summed E-state index contributed by atoms with van der Waals surface area (Å²) in [5.41, 5.74) is 0. The molecule has 7 heteroatoms. The maximum atomic E-state index is 13.4. The summed E-state index contributed by atoms with van der Waals surface area (Å²) in [6, 6.07) is 0. The van der Waals surface area contributed by atoms with E-state index in [0.29, 0.717) is 0 Å². The topological polar surface area (TPSA) is 66.4 Å². The van der Waals surface area contributed by atoms with Gasteiger partial charge in [0.2, 0.25) is 0 Å². The molecule has 2 saturated carbocycles. The van der Waals surface area contributed by atoms with Crippen molar-refractivity contribution in [2.45, 2.75) is 75.6 Å². The van der Waals surface area contributed by atoms with E-state index in [1.54, 1.807) is 0 Å². The molecule has 0 spiro atoms. The predicted molar refractivity (Wildman–Crippen MR) is 77.5 cm³/mol. The number of hydrogen-bond donors (Lipinski definition) is 0. The van der Waals surface area contributed by atoms with Gasteiger partial charge in [-0.15, -0.1) is 0 Å². The average Bonchev–Trinajstić information content (AvgIpc) is 2.48. The molecule has 0 N–H and O–H groups in total. The van der Waals surface area contributed by atoms with E-state index in [1.807, 2.05) is 0 Å². The molecule has 130 valence electrons. The molecule has 0 saturated heterocycles. The maximum Gasteiger partial charge on any atom is 0.357 e. The molecule has 0 atom stereocenters. The first-order valence-electron chi connectivity index (χ1n) is 8.26. The van der Waals surface area contributed by atoms with Crippen molar-refractivity contribution in [3.8, 4) is 0 Å². The van der Waals surface area contributed by atoms with Crippen LogP contribution in [-0.2, 0) is 14.9 Å². The van der Waals surface area contributed by atoms with Crippen molar-refractivity contribution >= 4 is 10.1 Å². The smallest absolute Gasteiger partial charge is 0.357 e. The van der Waals surface area contributed by atoms with Crippen molar-refractivity contribution < 1.29 is 26.5 Å². The Hall–Kier alpha value is -0.270. The molecule has 0 amide bonds. The highest BCUT2D eigenvalue weighted by Crippen LogP contribution is 2.38. The Morgan fingerprint density at radius 2 is 1.36 bits per heavy atom. The number of halogens is 2. The van der Waals surface area contributed by atoms with Gasteiger partial charge < -0.3 is 9.29 Å². The minimum Gasteiger partial charge on any atom is -0.743 e. The third-order valence-electron chi connectivity index (χ3n) is 5.04. The molecule has 4 nitrogen and oxygen atoms in total. The molecule has 0 aromatic carbocycles. The largest absolute Gasteiger partial charge is 0.743 e. The first-order chi connectivity index (χ1) is 10.3. The van der Waals surface area contributed by atoms with Gasteiger partial charge in [0.05, 0.1) is 6.10 Å². The molecule has 2 rings (SSSR count). The zero-order valence-corrected chi connectivity index (χ0v) is 13.6. The van der Waals surface area contributed by atoms with Crippen molar-refractivity contribution in [2.75, 3.05) is 6.61 Å². The number of ether oxygens (including phenoxy) is 1. The van der Waals surface area contributed by atoms with Crippen LogP contribution < -0.4 is 0 Å². The summed E-state index contributed by atoms with van der Waals surface area (Å²) < 4.78 is 64.1. The lowest BCUT2D eigenvalue weighted by Gasteiger charge is -2.38. The van der Waals surface area contributed by atoms with Gasteiger partial charge in [-0.25, -0.2) is 8.42 Å². The molecule has 0 heterocycles. The van der Waals surface area contributed by atoms with Crippen LogP contribution in [0.25, 0.3) is 0 Å². The van der Waals surface area contributed by atoms with Crippen LogP contribution in [0.4, 0.5) is 8.78 Å². The van der Waals surface area contributed by atoms with E-state index >= 15 is 0 Å². The minimum atomic E-state index is -5.67.